The first-order chi connectivity index (χ1) is 6.73. The maximum atomic E-state index is 11.1. The Balaban J connectivity index is 2.16. The van der Waals surface area contributed by atoms with Crippen molar-refractivity contribution < 1.29 is 9.90 Å². The zero-order chi connectivity index (χ0) is 10.0. The number of carbonyl (C=O) groups is 1. The molecule has 1 unspecified atom stereocenters. The third kappa shape index (κ3) is 1.62. The Bertz CT molecular complexity index is 319. The summed E-state index contributed by atoms with van der Waals surface area (Å²) in [6, 6.07) is 0. The minimum absolute atomic E-state index is 0.437. The van der Waals surface area contributed by atoms with E-state index in [0.717, 1.165) is 18.0 Å². The topological polar surface area (TPSA) is 78.0 Å². The summed E-state index contributed by atoms with van der Waals surface area (Å²) < 4.78 is 0. The molecule has 0 spiro atoms. The van der Waals surface area contributed by atoms with Crippen molar-refractivity contribution in [2.45, 2.75) is 11.3 Å². The van der Waals surface area contributed by atoms with E-state index in [-0.39, 0.29) is 0 Å². The first-order valence-electron chi connectivity index (χ1n) is 4.32. The molecular weight excluding hydrogens is 202 g/mol. The van der Waals surface area contributed by atoms with Crippen molar-refractivity contribution in [1.82, 2.24) is 15.3 Å². The van der Waals surface area contributed by atoms with Crippen LogP contribution < -0.4 is 5.32 Å². The number of hydrogen-bond acceptors (Lipinski definition) is 4. The molecule has 0 bridgehead atoms. The van der Waals surface area contributed by atoms with Crippen LogP contribution in [0.4, 0.5) is 0 Å². The molecule has 1 aromatic heterocycles. The first kappa shape index (κ1) is 9.54. The lowest BCUT2D eigenvalue weighted by atomic mass is 10.1. The van der Waals surface area contributed by atoms with Gasteiger partial charge in [0.1, 0.15) is 0 Å². The van der Waals surface area contributed by atoms with Crippen LogP contribution in [0.15, 0.2) is 12.5 Å². The van der Waals surface area contributed by atoms with Gasteiger partial charge in [0, 0.05) is 30.6 Å². The lowest BCUT2D eigenvalue weighted by Gasteiger charge is -2.22. The molecule has 6 heteroatoms. The molecular formula is C8H11N3O2S. The summed E-state index contributed by atoms with van der Waals surface area (Å²) >= 11 is 1.44. The number of rotatable bonds is 3. The Kier molecular flexibility index (Phi) is 2.47. The van der Waals surface area contributed by atoms with Gasteiger partial charge < -0.3 is 10.1 Å². The molecule has 1 aliphatic rings. The molecule has 1 fully saturated rings. The number of carboxylic acids is 1. The van der Waals surface area contributed by atoms with E-state index in [1.165, 1.54) is 11.8 Å². The number of thioether (sulfide) groups is 1. The van der Waals surface area contributed by atoms with Crippen LogP contribution >= 0.6 is 11.8 Å². The summed E-state index contributed by atoms with van der Waals surface area (Å²) in [5.74, 6) is 0.0232. The minimum atomic E-state index is -0.869. The lowest BCUT2D eigenvalue weighted by molar-refractivity contribution is -0.140. The van der Waals surface area contributed by atoms with Crippen LogP contribution in [-0.2, 0) is 11.2 Å². The molecule has 5 nitrogen and oxygen atoms in total. The van der Waals surface area contributed by atoms with Crippen LogP contribution in [0.5, 0.6) is 0 Å². The standard InChI is InChI=1S/C8H11N3O2S/c12-7(13)8(11-1-2-14-8)3-6-4-9-5-10-6/h4-5,11H,1-3H2,(H,9,10)(H,12,13). The fourth-order valence-electron chi connectivity index (χ4n) is 1.51. The van der Waals surface area contributed by atoms with Gasteiger partial charge in [-0.1, -0.05) is 0 Å². The maximum Gasteiger partial charge on any atom is 0.334 e. The van der Waals surface area contributed by atoms with Crippen LogP contribution in [-0.4, -0.2) is 38.2 Å². The second-order valence-electron chi connectivity index (χ2n) is 3.16. The molecule has 1 atom stereocenters. The summed E-state index contributed by atoms with van der Waals surface area (Å²) in [6.07, 6.45) is 3.66. The van der Waals surface area contributed by atoms with Gasteiger partial charge in [-0.2, -0.15) is 0 Å². The number of H-pyrrole nitrogens is 1. The van der Waals surface area contributed by atoms with Crippen LogP contribution in [0, 0.1) is 0 Å². The maximum absolute atomic E-state index is 11.1. The number of nitrogens with one attached hydrogen (secondary N) is 2. The highest BCUT2D eigenvalue weighted by Crippen LogP contribution is 2.30. The van der Waals surface area contributed by atoms with Gasteiger partial charge in [0.2, 0.25) is 0 Å². The van der Waals surface area contributed by atoms with E-state index in [4.69, 9.17) is 5.11 Å². The van der Waals surface area contributed by atoms with E-state index in [1.807, 2.05) is 0 Å². The average molecular weight is 213 g/mol. The van der Waals surface area contributed by atoms with Crippen LogP contribution in [0.2, 0.25) is 0 Å². The van der Waals surface area contributed by atoms with Crippen molar-refractivity contribution in [2.75, 3.05) is 12.3 Å². The zero-order valence-electron chi connectivity index (χ0n) is 7.49. The summed E-state index contributed by atoms with van der Waals surface area (Å²) in [6.45, 7) is 0.741. The van der Waals surface area contributed by atoms with Crippen molar-refractivity contribution >= 4 is 17.7 Å². The van der Waals surface area contributed by atoms with E-state index in [2.05, 4.69) is 15.3 Å². The summed E-state index contributed by atoms with van der Waals surface area (Å²) in [5.41, 5.74) is 0.842. The van der Waals surface area contributed by atoms with Crippen LogP contribution in [0.3, 0.4) is 0 Å². The summed E-state index contributed by atoms with van der Waals surface area (Å²) in [5, 5.41) is 12.2. The molecule has 3 N–H and O–H groups in total. The van der Waals surface area contributed by atoms with Gasteiger partial charge in [-0.05, 0) is 0 Å². The van der Waals surface area contributed by atoms with Crippen LogP contribution in [0.1, 0.15) is 5.69 Å². The van der Waals surface area contributed by atoms with Gasteiger partial charge in [-0.15, -0.1) is 11.8 Å². The highest BCUT2D eigenvalue weighted by atomic mass is 32.2. The number of aliphatic carboxylic acids is 1. The van der Waals surface area contributed by atoms with Gasteiger partial charge in [-0.3, -0.25) is 5.32 Å². The number of hydrogen-bond donors (Lipinski definition) is 3. The van der Waals surface area contributed by atoms with Gasteiger partial charge in [0.05, 0.1) is 6.33 Å². The third-order valence-electron chi connectivity index (χ3n) is 2.20. The molecule has 1 saturated heterocycles. The van der Waals surface area contributed by atoms with Gasteiger partial charge in [0.15, 0.2) is 4.87 Å². The van der Waals surface area contributed by atoms with E-state index >= 15 is 0 Å². The van der Waals surface area contributed by atoms with E-state index in [0.29, 0.717) is 6.42 Å². The van der Waals surface area contributed by atoms with Crippen molar-refractivity contribution in [3.63, 3.8) is 0 Å². The molecule has 0 aliphatic carbocycles. The first-order valence-corrected chi connectivity index (χ1v) is 5.31. The molecule has 76 valence electrons. The molecule has 0 saturated carbocycles. The Morgan fingerprint density at radius 2 is 2.64 bits per heavy atom. The molecule has 2 heterocycles. The van der Waals surface area contributed by atoms with E-state index in [9.17, 15) is 4.79 Å². The Hall–Kier alpha value is -1.01. The normalized spacial score (nSPS) is 26.6. The number of nitrogens with zero attached hydrogens (tertiary/aromatic N) is 1. The fraction of sp³-hybridized carbons (Fsp3) is 0.500. The van der Waals surface area contributed by atoms with Crippen molar-refractivity contribution in [3.05, 3.63) is 18.2 Å². The van der Waals surface area contributed by atoms with Gasteiger partial charge in [-0.25, -0.2) is 9.78 Å². The lowest BCUT2D eigenvalue weighted by Crippen LogP contribution is -2.47. The minimum Gasteiger partial charge on any atom is -0.479 e. The van der Waals surface area contributed by atoms with Gasteiger partial charge in [0.25, 0.3) is 0 Å². The van der Waals surface area contributed by atoms with Crippen molar-refractivity contribution in [3.8, 4) is 0 Å². The largest absolute Gasteiger partial charge is 0.479 e. The number of carboxylic acid groups (broad SMARTS) is 1. The zero-order valence-corrected chi connectivity index (χ0v) is 8.30. The van der Waals surface area contributed by atoms with Crippen molar-refractivity contribution in [1.29, 1.82) is 0 Å². The third-order valence-corrected chi connectivity index (χ3v) is 3.57. The predicted octanol–water partition coefficient (Wildman–Crippen LogP) is 0.0695. The number of imidazole rings is 1. The molecule has 1 aliphatic heterocycles. The molecule has 0 radical (unpaired) electrons. The number of aromatic nitrogens is 2. The van der Waals surface area contributed by atoms with E-state index in [1.54, 1.807) is 12.5 Å². The fourth-order valence-corrected chi connectivity index (χ4v) is 2.64. The second-order valence-corrected chi connectivity index (χ2v) is 4.55. The number of aromatic amines is 1. The quantitative estimate of drug-likeness (QED) is 0.662. The second kappa shape index (κ2) is 3.62. The summed E-state index contributed by atoms with van der Waals surface area (Å²) in [4.78, 5) is 17.0. The smallest absolute Gasteiger partial charge is 0.334 e. The molecule has 14 heavy (non-hydrogen) atoms. The molecule has 1 aromatic rings. The predicted molar refractivity (Wildman–Crippen MR) is 53.1 cm³/mol. The summed E-state index contributed by atoms with van der Waals surface area (Å²) in [7, 11) is 0. The molecule has 0 amide bonds. The Labute approximate surface area is 85.3 Å². The van der Waals surface area contributed by atoms with Gasteiger partial charge >= 0.3 is 5.97 Å². The van der Waals surface area contributed by atoms with Crippen LogP contribution in [0.25, 0.3) is 0 Å². The molecule has 2 rings (SSSR count). The molecule has 0 aromatic carbocycles. The SMILES string of the molecule is O=C(O)C1(Cc2cnc[nH]2)NCCS1. The van der Waals surface area contributed by atoms with E-state index < -0.39 is 10.8 Å². The highest BCUT2D eigenvalue weighted by molar-refractivity contribution is 8.01. The Morgan fingerprint density at radius 1 is 1.79 bits per heavy atom. The Morgan fingerprint density at radius 3 is 3.14 bits per heavy atom. The highest BCUT2D eigenvalue weighted by Gasteiger charge is 2.42. The van der Waals surface area contributed by atoms with Crippen molar-refractivity contribution in [2.24, 2.45) is 0 Å². The monoisotopic (exact) mass is 213 g/mol. The average Bonchev–Trinajstić information content (AvgIpc) is 2.76.